The van der Waals surface area contributed by atoms with Crippen molar-refractivity contribution in [3.05, 3.63) is 35.7 Å². The van der Waals surface area contributed by atoms with E-state index in [0.29, 0.717) is 11.7 Å². The molecule has 1 fully saturated rings. The van der Waals surface area contributed by atoms with Gasteiger partial charge in [0.25, 0.3) is 0 Å². The number of benzene rings is 1. The maximum Gasteiger partial charge on any atom is 0.315 e. The number of aromatic nitrogens is 2. The number of urea groups is 1. The summed E-state index contributed by atoms with van der Waals surface area (Å²) < 4.78 is 5.21. The Labute approximate surface area is 135 Å². The van der Waals surface area contributed by atoms with Crippen molar-refractivity contribution in [1.29, 1.82) is 0 Å². The van der Waals surface area contributed by atoms with E-state index < -0.39 is 0 Å². The van der Waals surface area contributed by atoms with Crippen molar-refractivity contribution in [2.45, 2.75) is 51.6 Å². The zero-order chi connectivity index (χ0) is 16.1. The molecule has 2 N–H and O–H groups in total. The van der Waals surface area contributed by atoms with Crippen LogP contribution in [0.5, 0.6) is 0 Å². The van der Waals surface area contributed by atoms with Crippen LogP contribution in [0.15, 0.2) is 28.8 Å². The molecular formula is C17H22N4O2. The molecule has 3 rings (SSSR count). The summed E-state index contributed by atoms with van der Waals surface area (Å²) in [6, 6.07) is 7.97. The third-order valence-electron chi connectivity index (χ3n) is 4.19. The topological polar surface area (TPSA) is 80.0 Å². The van der Waals surface area contributed by atoms with Gasteiger partial charge in [0.1, 0.15) is 0 Å². The third kappa shape index (κ3) is 4.09. The van der Waals surface area contributed by atoms with Crippen LogP contribution in [0.1, 0.15) is 43.6 Å². The third-order valence-corrected chi connectivity index (χ3v) is 4.19. The molecule has 1 heterocycles. The van der Waals surface area contributed by atoms with Crippen molar-refractivity contribution in [2.24, 2.45) is 0 Å². The summed E-state index contributed by atoms with van der Waals surface area (Å²) in [5.41, 5.74) is 2.03. The van der Waals surface area contributed by atoms with Gasteiger partial charge in [0.05, 0.1) is 6.54 Å². The highest BCUT2D eigenvalue weighted by molar-refractivity contribution is 5.74. The van der Waals surface area contributed by atoms with E-state index in [1.54, 1.807) is 0 Å². The molecule has 6 nitrogen and oxygen atoms in total. The molecule has 0 aliphatic heterocycles. The van der Waals surface area contributed by atoms with Gasteiger partial charge in [0.2, 0.25) is 11.7 Å². The number of aryl methyl sites for hydroxylation is 1. The molecule has 0 spiro atoms. The highest BCUT2D eigenvalue weighted by atomic mass is 16.5. The monoisotopic (exact) mass is 314 g/mol. The minimum Gasteiger partial charge on any atom is -0.337 e. The van der Waals surface area contributed by atoms with Crippen LogP contribution in [0.2, 0.25) is 0 Å². The average Bonchev–Trinajstić information content (AvgIpc) is 3.03. The van der Waals surface area contributed by atoms with E-state index in [-0.39, 0.29) is 18.6 Å². The van der Waals surface area contributed by atoms with Crippen LogP contribution in [0, 0.1) is 6.92 Å². The zero-order valence-corrected chi connectivity index (χ0v) is 13.3. The van der Waals surface area contributed by atoms with Crippen LogP contribution in [0.25, 0.3) is 11.4 Å². The first-order valence-corrected chi connectivity index (χ1v) is 8.15. The fourth-order valence-electron chi connectivity index (χ4n) is 2.90. The smallest absolute Gasteiger partial charge is 0.315 e. The predicted molar refractivity (Wildman–Crippen MR) is 86.7 cm³/mol. The molecule has 0 atom stereocenters. The molecule has 6 heteroatoms. The number of rotatable bonds is 4. The fourth-order valence-corrected chi connectivity index (χ4v) is 2.90. The van der Waals surface area contributed by atoms with Gasteiger partial charge >= 0.3 is 6.03 Å². The van der Waals surface area contributed by atoms with Crippen LogP contribution in [-0.4, -0.2) is 22.2 Å². The second kappa shape index (κ2) is 7.26. The normalized spacial score (nSPS) is 15.3. The minimum absolute atomic E-state index is 0.174. The highest BCUT2D eigenvalue weighted by Gasteiger charge is 2.16. The van der Waals surface area contributed by atoms with Gasteiger partial charge in [-0.15, -0.1) is 0 Å². The number of amides is 2. The molecule has 0 unspecified atom stereocenters. The Morgan fingerprint density at radius 2 is 2.04 bits per heavy atom. The van der Waals surface area contributed by atoms with Gasteiger partial charge < -0.3 is 15.2 Å². The largest absolute Gasteiger partial charge is 0.337 e. The van der Waals surface area contributed by atoms with Gasteiger partial charge in [-0.05, 0) is 25.3 Å². The molecule has 1 aromatic heterocycles. The second-order valence-electron chi connectivity index (χ2n) is 5.99. The first kappa shape index (κ1) is 15.5. The van der Waals surface area contributed by atoms with Crippen LogP contribution in [0.3, 0.4) is 0 Å². The lowest BCUT2D eigenvalue weighted by molar-refractivity contribution is 0.230. The summed E-state index contributed by atoms with van der Waals surface area (Å²) in [6.07, 6.45) is 5.77. The molecule has 1 aliphatic carbocycles. The number of hydrogen-bond acceptors (Lipinski definition) is 4. The van der Waals surface area contributed by atoms with E-state index >= 15 is 0 Å². The van der Waals surface area contributed by atoms with Gasteiger partial charge in [0.15, 0.2) is 0 Å². The molecule has 2 aromatic rings. The van der Waals surface area contributed by atoms with E-state index in [1.807, 2.05) is 31.2 Å². The number of hydrogen-bond donors (Lipinski definition) is 2. The Bertz CT molecular complexity index is 662. The number of nitrogens with one attached hydrogen (secondary N) is 2. The second-order valence-corrected chi connectivity index (χ2v) is 5.99. The lowest BCUT2D eigenvalue weighted by Gasteiger charge is -2.22. The Kier molecular flexibility index (Phi) is 4.90. The fraction of sp³-hybridized carbons (Fsp3) is 0.471. The first-order valence-electron chi connectivity index (χ1n) is 8.15. The Morgan fingerprint density at radius 1 is 1.26 bits per heavy atom. The van der Waals surface area contributed by atoms with Crippen molar-refractivity contribution < 1.29 is 9.32 Å². The molecular weight excluding hydrogens is 292 g/mol. The molecule has 2 amide bonds. The molecule has 1 aromatic carbocycles. The predicted octanol–water partition coefficient (Wildman–Crippen LogP) is 3.18. The highest BCUT2D eigenvalue weighted by Crippen LogP contribution is 2.20. The molecule has 1 aliphatic rings. The Morgan fingerprint density at radius 3 is 2.83 bits per heavy atom. The summed E-state index contributed by atoms with van der Waals surface area (Å²) in [6.45, 7) is 2.23. The summed E-state index contributed by atoms with van der Waals surface area (Å²) in [7, 11) is 0. The molecule has 23 heavy (non-hydrogen) atoms. The molecule has 122 valence electrons. The Hall–Kier alpha value is -2.37. The maximum absolute atomic E-state index is 11.9. The van der Waals surface area contributed by atoms with Gasteiger partial charge in [-0.1, -0.05) is 48.7 Å². The van der Waals surface area contributed by atoms with E-state index in [2.05, 4.69) is 20.8 Å². The number of nitrogens with zero attached hydrogens (tertiary/aromatic N) is 2. The van der Waals surface area contributed by atoms with E-state index in [9.17, 15) is 4.79 Å². The first-order chi connectivity index (χ1) is 11.2. The van der Waals surface area contributed by atoms with E-state index in [4.69, 9.17) is 4.52 Å². The average molecular weight is 314 g/mol. The van der Waals surface area contributed by atoms with Crippen molar-refractivity contribution in [3.8, 4) is 11.4 Å². The zero-order valence-electron chi connectivity index (χ0n) is 13.3. The molecule has 1 saturated carbocycles. The van der Waals surface area contributed by atoms with E-state index in [0.717, 1.165) is 24.0 Å². The minimum atomic E-state index is -0.174. The lowest BCUT2D eigenvalue weighted by atomic mass is 9.96. The van der Waals surface area contributed by atoms with Crippen LogP contribution < -0.4 is 10.6 Å². The number of carbonyl (C=O) groups excluding carboxylic acids is 1. The maximum atomic E-state index is 11.9. The summed E-state index contributed by atoms with van der Waals surface area (Å²) in [5, 5.41) is 9.76. The summed E-state index contributed by atoms with van der Waals surface area (Å²) >= 11 is 0. The van der Waals surface area contributed by atoms with Crippen molar-refractivity contribution in [3.63, 3.8) is 0 Å². The van der Waals surface area contributed by atoms with Gasteiger partial charge in [-0.2, -0.15) is 4.98 Å². The van der Waals surface area contributed by atoms with Gasteiger partial charge in [-0.3, -0.25) is 0 Å². The lowest BCUT2D eigenvalue weighted by Crippen LogP contribution is -2.42. The SMILES string of the molecule is Cc1ccccc1-c1noc(CNC(=O)NC2CCCCC2)n1. The number of carbonyl (C=O) groups is 1. The van der Waals surface area contributed by atoms with Crippen LogP contribution in [0.4, 0.5) is 4.79 Å². The molecule has 0 bridgehead atoms. The standard InChI is InChI=1S/C17H22N4O2/c1-12-7-5-6-10-14(12)16-20-15(23-21-16)11-18-17(22)19-13-8-3-2-4-9-13/h5-7,10,13H,2-4,8-9,11H2,1H3,(H2,18,19,22). The van der Waals surface area contributed by atoms with Crippen molar-refractivity contribution >= 4 is 6.03 Å². The van der Waals surface area contributed by atoms with Crippen LogP contribution in [-0.2, 0) is 6.54 Å². The Balaban J connectivity index is 1.53. The quantitative estimate of drug-likeness (QED) is 0.908. The van der Waals surface area contributed by atoms with E-state index in [1.165, 1.54) is 19.3 Å². The summed E-state index contributed by atoms with van der Waals surface area (Å²) in [5.74, 6) is 0.953. The van der Waals surface area contributed by atoms with Gasteiger partial charge in [0, 0.05) is 11.6 Å². The molecule has 0 saturated heterocycles. The van der Waals surface area contributed by atoms with Crippen molar-refractivity contribution in [1.82, 2.24) is 20.8 Å². The van der Waals surface area contributed by atoms with Crippen molar-refractivity contribution in [2.75, 3.05) is 0 Å². The van der Waals surface area contributed by atoms with Gasteiger partial charge in [-0.25, -0.2) is 4.79 Å². The molecule has 0 radical (unpaired) electrons. The van der Waals surface area contributed by atoms with Crippen LogP contribution >= 0.6 is 0 Å². The summed E-state index contributed by atoms with van der Waals surface area (Å²) in [4.78, 5) is 16.2.